The van der Waals surface area contributed by atoms with Crippen LogP contribution in [-0.2, 0) is 15.9 Å². The van der Waals surface area contributed by atoms with Gasteiger partial charge in [0.2, 0.25) is 0 Å². The van der Waals surface area contributed by atoms with E-state index in [4.69, 9.17) is 4.74 Å². The second-order valence-corrected chi connectivity index (χ2v) is 10.6. The van der Waals surface area contributed by atoms with E-state index < -0.39 is 43.5 Å². The van der Waals surface area contributed by atoms with Gasteiger partial charge < -0.3 is 9.47 Å². The largest absolute Gasteiger partial charge is 0.493 e. The van der Waals surface area contributed by atoms with Gasteiger partial charge in [-0.3, -0.25) is 0 Å². The summed E-state index contributed by atoms with van der Waals surface area (Å²) in [5.41, 5.74) is 1.85. The number of ether oxygens (including phenoxy) is 3. The maximum atomic E-state index is 13.6. The van der Waals surface area contributed by atoms with Gasteiger partial charge in [-0.2, -0.15) is 48.3 Å². The summed E-state index contributed by atoms with van der Waals surface area (Å²) < 4.78 is 155. The fraction of sp³-hybridized carbons (Fsp3) is 0.667. The van der Waals surface area contributed by atoms with E-state index in [-0.39, 0.29) is 6.42 Å². The molecule has 0 N–H and O–H groups in total. The molecule has 2 aromatic rings. The molecule has 0 aliphatic carbocycles. The lowest BCUT2D eigenvalue weighted by Gasteiger charge is -2.34. The molecule has 1 aromatic heterocycles. The average Bonchev–Trinajstić information content (AvgIpc) is 2.97. The Morgan fingerprint density at radius 1 is 0.674 bits per heavy atom. The number of rotatable bonds is 22. The first kappa shape index (κ1) is 39.4. The van der Waals surface area contributed by atoms with Gasteiger partial charge in [0.05, 0.1) is 6.61 Å². The van der Waals surface area contributed by atoms with Crippen LogP contribution in [0.15, 0.2) is 36.7 Å². The van der Waals surface area contributed by atoms with Crippen molar-refractivity contribution in [2.24, 2.45) is 0 Å². The number of aromatic nitrogens is 2. The molecule has 0 atom stereocenters. The number of aryl methyl sites for hydroxylation is 1. The SMILES string of the molecule is CCCCCCCCc1cc(-c2ncccn2)ccc1OCCCCCCOCC(F)(F)OC(F)(F)C(F)(F)C(F)(F)C(F)(F)F. The predicted molar refractivity (Wildman–Crippen MR) is 146 cm³/mol. The second kappa shape index (κ2) is 17.4. The minimum Gasteiger partial charge on any atom is -0.493 e. The van der Waals surface area contributed by atoms with Crippen LogP contribution in [-0.4, -0.2) is 60.0 Å². The highest BCUT2D eigenvalue weighted by atomic mass is 19.4. The quantitative estimate of drug-likeness (QED) is 0.0914. The van der Waals surface area contributed by atoms with Crippen LogP contribution in [0.1, 0.15) is 76.7 Å². The monoisotopic (exact) mass is 682 g/mol. The van der Waals surface area contributed by atoms with Gasteiger partial charge in [-0.05, 0) is 61.9 Å². The lowest BCUT2D eigenvalue weighted by molar-refractivity contribution is -0.484. The Bertz CT molecular complexity index is 1170. The first-order valence-electron chi connectivity index (χ1n) is 14.8. The number of hydrogen-bond acceptors (Lipinski definition) is 5. The van der Waals surface area contributed by atoms with Gasteiger partial charge in [-0.15, -0.1) is 0 Å². The molecule has 262 valence electrons. The summed E-state index contributed by atoms with van der Waals surface area (Å²) in [5.74, 6) is -13.4. The van der Waals surface area contributed by atoms with Crippen LogP contribution in [0.3, 0.4) is 0 Å². The van der Waals surface area contributed by atoms with Crippen molar-refractivity contribution in [3.8, 4) is 17.1 Å². The van der Waals surface area contributed by atoms with Gasteiger partial charge >= 0.3 is 30.2 Å². The molecule has 0 spiro atoms. The van der Waals surface area contributed by atoms with Crippen molar-refractivity contribution in [2.45, 2.75) is 108 Å². The fourth-order valence-electron chi connectivity index (χ4n) is 4.27. The van der Waals surface area contributed by atoms with Crippen LogP contribution in [0.25, 0.3) is 11.4 Å². The highest BCUT2D eigenvalue weighted by Crippen LogP contribution is 2.54. The minimum atomic E-state index is -7.35. The van der Waals surface area contributed by atoms with Crippen molar-refractivity contribution in [1.82, 2.24) is 9.97 Å². The van der Waals surface area contributed by atoms with Crippen molar-refractivity contribution < 1.29 is 62.5 Å². The van der Waals surface area contributed by atoms with E-state index in [1.54, 1.807) is 18.5 Å². The van der Waals surface area contributed by atoms with Crippen molar-refractivity contribution in [3.63, 3.8) is 0 Å². The van der Waals surface area contributed by atoms with E-state index in [0.29, 0.717) is 37.4 Å². The maximum absolute atomic E-state index is 13.6. The summed E-state index contributed by atoms with van der Waals surface area (Å²) in [5, 5.41) is 0. The fourth-order valence-corrected chi connectivity index (χ4v) is 4.27. The Kier molecular flexibility index (Phi) is 14.9. The van der Waals surface area contributed by atoms with E-state index in [0.717, 1.165) is 43.2 Å². The summed E-state index contributed by atoms with van der Waals surface area (Å²) in [4.78, 5) is 8.57. The van der Waals surface area contributed by atoms with Crippen molar-refractivity contribution in [3.05, 3.63) is 42.2 Å². The summed E-state index contributed by atoms with van der Waals surface area (Å²) in [6.07, 6.45) is -6.90. The van der Waals surface area contributed by atoms with E-state index in [1.165, 1.54) is 12.8 Å². The van der Waals surface area contributed by atoms with Gasteiger partial charge in [-0.1, -0.05) is 45.4 Å². The Balaban J connectivity index is 1.77. The smallest absolute Gasteiger partial charge is 0.460 e. The van der Waals surface area contributed by atoms with E-state index in [1.807, 2.05) is 18.2 Å². The number of alkyl halides is 11. The lowest BCUT2D eigenvalue weighted by Crippen LogP contribution is -2.63. The summed E-state index contributed by atoms with van der Waals surface area (Å²) >= 11 is 0. The van der Waals surface area contributed by atoms with Crippen molar-refractivity contribution >= 4 is 0 Å². The van der Waals surface area contributed by atoms with Gasteiger partial charge in [0, 0.05) is 24.6 Å². The highest BCUT2D eigenvalue weighted by Gasteiger charge is 2.83. The predicted octanol–water partition coefficient (Wildman–Crippen LogP) is 10.0. The molecule has 1 heterocycles. The lowest BCUT2D eigenvalue weighted by atomic mass is 10.0. The Labute approximate surface area is 259 Å². The molecular formula is C30H37F11N2O3. The molecule has 5 nitrogen and oxygen atoms in total. The zero-order chi connectivity index (χ0) is 34.5. The molecule has 0 fully saturated rings. The van der Waals surface area contributed by atoms with Crippen molar-refractivity contribution in [1.29, 1.82) is 0 Å². The molecule has 16 heteroatoms. The zero-order valence-corrected chi connectivity index (χ0v) is 25.1. The third-order valence-corrected chi connectivity index (χ3v) is 6.79. The van der Waals surface area contributed by atoms with E-state index in [9.17, 15) is 48.3 Å². The van der Waals surface area contributed by atoms with Crippen LogP contribution in [0.4, 0.5) is 48.3 Å². The van der Waals surface area contributed by atoms with Crippen LogP contribution >= 0.6 is 0 Å². The topological polar surface area (TPSA) is 53.5 Å². The van der Waals surface area contributed by atoms with Crippen molar-refractivity contribution in [2.75, 3.05) is 19.8 Å². The zero-order valence-electron chi connectivity index (χ0n) is 25.1. The number of halogens is 11. The highest BCUT2D eigenvalue weighted by molar-refractivity contribution is 5.58. The third-order valence-electron chi connectivity index (χ3n) is 6.79. The molecule has 0 saturated carbocycles. The third kappa shape index (κ3) is 11.5. The van der Waals surface area contributed by atoms with E-state index >= 15 is 0 Å². The molecule has 0 aliphatic heterocycles. The number of nitrogens with zero attached hydrogens (tertiary/aromatic N) is 2. The Morgan fingerprint density at radius 3 is 1.89 bits per heavy atom. The molecule has 0 aliphatic rings. The Morgan fingerprint density at radius 2 is 1.26 bits per heavy atom. The molecule has 0 amide bonds. The normalized spacial score (nSPS) is 13.3. The average molecular weight is 683 g/mol. The first-order valence-corrected chi connectivity index (χ1v) is 14.8. The number of unbranched alkanes of at least 4 members (excludes halogenated alkanes) is 8. The molecular weight excluding hydrogens is 645 g/mol. The van der Waals surface area contributed by atoms with Crippen LogP contribution in [0.2, 0.25) is 0 Å². The van der Waals surface area contributed by atoms with Gasteiger partial charge in [0.1, 0.15) is 12.4 Å². The molecule has 46 heavy (non-hydrogen) atoms. The molecule has 0 saturated heterocycles. The molecule has 0 radical (unpaired) electrons. The second-order valence-electron chi connectivity index (χ2n) is 10.6. The van der Waals surface area contributed by atoms with Crippen LogP contribution in [0.5, 0.6) is 5.75 Å². The summed E-state index contributed by atoms with van der Waals surface area (Å²) in [7, 11) is 0. The molecule has 0 bridgehead atoms. The standard InChI is InChI=1S/C30H37F11N2O3/c1-2-3-4-5-6-9-13-22-20-23(25-42-16-12-17-43-25)14-15-24(22)45-19-11-8-7-10-18-44-21-26(31,32)46-30(40,41)28(35,36)27(33,34)29(37,38)39/h12,14-17,20H,2-11,13,18-19,21H2,1H3. The Hall–Kier alpha value is -2.75. The van der Waals surface area contributed by atoms with E-state index in [2.05, 4.69) is 26.4 Å². The molecule has 0 unspecified atom stereocenters. The molecule has 1 aromatic carbocycles. The summed E-state index contributed by atoms with van der Waals surface area (Å²) in [6.45, 7) is -0.0851. The number of benzene rings is 1. The first-order chi connectivity index (χ1) is 21.5. The van der Waals surface area contributed by atoms with Gasteiger partial charge in [-0.25, -0.2) is 14.7 Å². The van der Waals surface area contributed by atoms with Gasteiger partial charge in [0.15, 0.2) is 5.82 Å². The minimum absolute atomic E-state index is 0.115. The molecule has 2 rings (SSSR count). The van der Waals surface area contributed by atoms with Crippen LogP contribution in [0, 0.1) is 0 Å². The van der Waals surface area contributed by atoms with Gasteiger partial charge in [0.25, 0.3) is 0 Å². The summed E-state index contributed by atoms with van der Waals surface area (Å²) in [6, 6.07) is 7.41. The maximum Gasteiger partial charge on any atom is 0.460 e. The number of hydrogen-bond donors (Lipinski definition) is 0. The van der Waals surface area contributed by atoms with Crippen LogP contribution < -0.4 is 4.74 Å².